The molecule has 0 heterocycles. The van der Waals surface area contributed by atoms with Crippen LogP contribution in [-0.2, 0) is 8.85 Å². The Labute approximate surface area is 110 Å². The summed E-state index contributed by atoms with van der Waals surface area (Å²) in [7, 11) is -1.81. The Hall–Kier alpha value is 1.60. The summed E-state index contributed by atoms with van der Waals surface area (Å²) in [5, 5.41) is 0. The van der Waals surface area contributed by atoms with E-state index in [-0.39, 0.29) is 0 Å². The molecule has 0 aromatic heterocycles. The van der Waals surface area contributed by atoms with Crippen LogP contribution in [0.5, 0.6) is 0 Å². The number of alkyl halides is 2. The van der Waals surface area contributed by atoms with Gasteiger partial charge in [-0.3, -0.25) is 0 Å². The number of halogens is 2. The van der Waals surface area contributed by atoms with E-state index in [2.05, 4.69) is 59.0 Å². The van der Waals surface area contributed by atoms with Crippen molar-refractivity contribution in [2.45, 2.75) is 26.7 Å². The average molecular weight is 428 g/mol. The van der Waals surface area contributed by atoms with Crippen molar-refractivity contribution in [3.05, 3.63) is 0 Å². The van der Waals surface area contributed by atoms with Crippen LogP contribution in [0.25, 0.3) is 0 Å². The molecule has 0 aliphatic rings. The molecule has 0 atom stereocenters. The van der Waals surface area contributed by atoms with Crippen molar-refractivity contribution >= 4 is 53.7 Å². The summed E-state index contributed by atoms with van der Waals surface area (Å²) in [6.07, 6.45) is 2.16. The second-order valence-electron chi connectivity index (χ2n) is 2.87. The maximum Gasteiger partial charge on any atom is 0.358 e. The van der Waals surface area contributed by atoms with Crippen molar-refractivity contribution in [3.63, 3.8) is 0 Å². The van der Waals surface area contributed by atoms with Crippen LogP contribution in [0.4, 0.5) is 0 Å². The minimum atomic E-state index is -1.81. The van der Waals surface area contributed by atoms with E-state index in [0.29, 0.717) is 0 Å². The van der Waals surface area contributed by atoms with Gasteiger partial charge in [0.15, 0.2) is 0 Å². The van der Waals surface area contributed by atoms with Gasteiger partial charge >= 0.3 is 8.56 Å². The lowest BCUT2D eigenvalue weighted by atomic mass is 10.5. The second-order valence-corrected chi connectivity index (χ2v) is 10.4. The summed E-state index contributed by atoms with van der Waals surface area (Å²) in [6, 6.07) is 0. The lowest BCUT2D eigenvalue weighted by Crippen LogP contribution is -2.47. The lowest BCUT2D eigenvalue weighted by molar-refractivity contribution is 0.179. The molecule has 0 amide bonds. The highest BCUT2D eigenvalue weighted by Crippen LogP contribution is 2.15. The van der Waals surface area contributed by atoms with Gasteiger partial charge in [0, 0.05) is 21.3 Å². The number of hydrogen-bond donors (Lipinski definition) is 0. The summed E-state index contributed by atoms with van der Waals surface area (Å²) in [5.74, 6) is 0. The zero-order valence-corrected chi connectivity index (χ0v) is 13.6. The van der Waals surface area contributed by atoms with E-state index < -0.39 is 8.56 Å². The van der Waals surface area contributed by atoms with Gasteiger partial charge in [-0.1, -0.05) is 59.0 Å². The predicted molar refractivity (Wildman–Crippen MR) is 76.0 cm³/mol. The molecule has 0 bridgehead atoms. The Balaban J connectivity index is 3.97. The molecule has 0 aromatic carbocycles. The van der Waals surface area contributed by atoms with Crippen LogP contribution in [-0.4, -0.2) is 29.9 Å². The molecule has 0 unspecified atom stereocenters. The Kier molecular flexibility index (Phi) is 9.96. The maximum absolute atomic E-state index is 5.88. The molecule has 0 aliphatic heterocycles. The molecule has 0 saturated heterocycles. The topological polar surface area (TPSA) is 18.5 Å². The molecule has 0 fully saturated rings. The van der Waals surface area contributed by atoms with Crippen molar-refractivity contribution in [3.8, 4) is 0 Å². The van der Waals surface area contributed by atoms with Gasteiger partial charge in [0.05, 0.1) is 0 Å². The fraction of sp³-hybridized carbons (Fsp3) is 1.00. The molecule has 5 heteroatoms. The quantitative estimate of drug-likeness (QED) is 0.336. The molecular formula is C8H18I2O2Si. The molecule has 80 valence electrons. The normalized spacial score (nSPS) is 12.0. The standard InChI is InChI=1S/C8H18I2O2Si/c1-3-5-11-13(7-9,8-10)12-6-4-2/h3-8H2,1-2H3. The van der Waals surface area contributed by atoms with Crippen molar-refractivity contribution < 1.29 is 8.85 Å². The zero-order valence-electron chi connectivity index (χ0n) is 8.32. The van der Waals surface area contributed by atoms with Crippen LogP contribution >= 0.6 is 45.2 Å². The predicted octanol–water partition coefficient (Wildman–Crippen LogP) is 3.23. The largest absolute Gasteiger partial charge is 0.393 e. The molecule has 0 saturated carbocycles. The van der Waals surface area contributed by atoms with Crippen LogP contribution in [0, 0.1) is 0 Å². The van der Waals surface area contributed by atoms with E-state index in [1.807, 2.05) is 0 Å². The minimum absolute atomic E-state index is 0.849. The second kappa shape index (κ2) is 8.87. The highest BCUT2D eigenvalue weighted by Gasteiger charge is 2.34. The first-order chi connectivity index (χ1) is 6.24. The Morgan fingerprint density at radius 1 is 0.923 bits per heavy atom. The number of rotatable bonds is 8. The van der Waals surface area contributed by atoms with Crippen LogP contribution in [0.15, 0.2) is 0 Å². The third-order valence-corrected chi connectivity index (χ3v) is 10.8. The molecule has 0 rings (SSSR count). The fourth-order valence-corrected chi connectivity index (χ4v) is 9.78. The van der Waals surface area contributed by atoms with Crippen molar-refractivity contribution in [2.24, 2.45) is 0 Å². The summed E-state index contributed by atoms with van der Waals surface area (Å²) in [6.45, 7) is 5.97. The highest BCUT2D eigenvalue weighted by molar-refractivity contribution is 14.1. The summed E-state index contributed by atoms with van der Waals surface area (Å²) < 4.78 is 13.8. The average Bonchev–Trinajstić information content (AvgIpc) is 2.20. The summed E-state index contributed by atoms with van der Waals surface area (Å²) in [4.78, 5) is 0. The number of hydrogen-bond acceptors (Lipinski definition) is 2. The van der Waals surface area contributed by atoms with Gasteiger partial charge in [-0.05, 0) is 12.8 Å². The molecule has 0 aliphatic carbocycles. The van der Waals surface area contributed by atoms with Gasteiger partial charge in [-0.25, -0.2) is 0 Å². The van der Waals surface area contributed by atoms with E-state index in [4.69, 9.17) is 8.85 Å². The van der Waals surface area contributed by atoms with Crippen molar-refractivity contribution in [1.29, 1.82) is 0 Å². The minimum Gasteiger partial charge on any atom is -0.393 e. The van der Waals surface area contributed by atoms with E-state index in [1.165, 1.54) is 0 Å². The molecule has 2 nitrogen and oxygen atoms in total. The van der Waals surface area contributed by atoms with E-state index >= 15 is 0 Å². The SMILES string of the molecule is CCCO[Si](CI)(CI)OCCC. The van der Waals surface area contributed by atoms with E-state index in [1.54, 1.807) is 0 Å². The molecule has 0 radical (unpaired) electrons. The van der Waals surface area contributed by atoms with Gasteiger partial charge in [-0.2, -0.15) is 0 Å². The van der Waals surface area contributed by atoms with Crippen LogP contribution < -0.4 is 0 Å². The zero-order chi connectivity index (χ0) is 10.2. The fourth-order valence-electron chi connectivity index (χ4n) is 0.808. The summed E-state index contributed by atoms with van der Waals surface area (Å²) >= 11 is 4.78. The van der Waals surface area contributed by atoms with Gasteiger partial charge in [0.2, 0.25) is 0 Å². The third kappa shape index (κ3) is 5.91. The monoisotopic (exact) mass is 428 g/mol. The van der Waals surface area contributed by atoms with Crippen molar-refractivity contribution in [2.75, 3.05) is 21.3 Å². The molecular weight excluding hydrogens is 410 g/mol. The first-order valence-corrected chi connectivity index (χ1v) is 9.92. The van der Waals surface area contributed by atoms with Gasteiger partial charge in [-0.15, -0.1) is 0 Å². The van der Waals surface area contributed by atoms with Crippen LogP contribution in [0.2, 0.25) is 0 Å². The molecule has 0 spiro atoms. The third-order valence-electron chi connectivity index (χ3n) is 1.55. The molecule has 0 N–H and O–H groups in total. The van der Waals surface area contributed by atoms with E-state index in [9.17, 15) is 0 Å². The molecule has 0 aromatic rings. The van der Waals surface area contributed by atoms with Gasteiger partial charge in [0.25, 0.3) is 0 Å². The Morgan fingerprint density at radius 2 is 1.31 bits per heavy atom. The van der Waals surface area contributed by atoms with Gasteiger partial charge < -0.3 is 8.85 Å². The van der Waals surface area contributed by atoms with Gasteiger partial charge in [0.1, 0.15) is 0 Å². The van der Waals surface area contributed by atoms with Crippen molar-refractivity contribution in [1.82, 2.24) is 0 Å². The summed E-state index contributed by atoms with van der Waals surface area (Å²) in [5.41, 5.74) is 0. The Morgan fingerprint density at radius 3 is 1.54 bits per heavy atom. The lowest BCUT2D eigenvalue weighted by Gasteiger charge is -2.26. The Bertz CT molecular complexity index is 111. The van der Waals surface area contributed by atoms with Crippen LogP contribution in [0.3, 0.4) is 0 Å². The maximum atomic E-state index is 5.88. The van der Waals surface area contributed by atoms with E-state index in [0.717, 1.165) is 34.2 Å². The molecule has 13 heavy (non-hydrogen) atoms. The smallest absolute Gasteiger partial charge is 0.358 e. The first-order valence-electron chi connectivity index (χ1n) is 4.64. The highest BCUT2D eigenvalue weighted by atomic mass is 127. The first kappa shape index (κ1) is 14.6. The van der Waals surface area contributed by atoms with Crippen LogP contribution in [0.1, 0.15) is 26.7 Å².